The minimum Gasteiger partial charge on any atom is -0.312 e. The first-order valence-electron chi connectivity index (χ1n) is 6.63. The molecule has 2 heteroatoms. The summed E-state index contributed by atoms with van der Waals surface area (Å²) in [4.78, 5) is 2.57. The molecule has 2 nitrogen and oxygen atoms in total. The van der Waals surface area contributed by atoms with Crippen molar-refractivity contribution in [3.05, 3.63) is 0 Å². The maximum absolute atomic E-state index is 3.67. The van der Waals surface area contributed by atoms with E-state index in [2.05, 4.69) is 35.9 Å². The Labute approximate surface area is 101 Å². The van der Waals surface area contributed by atoms with Gasteiger partial charge in [0, 0.05) is 25.6 Å². The molecule has 1 rings (SSSR count). The van der Waals surface area contributed by atoms with Crippen LogP contribution in [0.5, 0.6) is 0 Å². The molecule has 0 saturated carbocycles. The Morgan fingerprint density at radius 1 is 1.50 bits per heavy atom. The van der Waals surface area contributed by atoms with Crippen molar-refractivity contribution in [1.29, 1.82) is 0 Å². The molecule has 92 valence electrons. The van der Waals surface area contributed by atoms with Crippen molar-refractivity contribution in [2.24, 2.45) is 5.92 Å². The van der Waals surface area contributed by atoms with Crippen molar-refractivity contribution in [1.82, 2.24) is 10.2 Å². The smallest absolute Gasteiger partial charge is 0.0220 e. The molecule has 0 aromatic heterocycles. The molecule has 0 aromatic carbocycles. The van der Waals surface area contributed by atoms with E-state index in [9.17, 15) is 0 Å². The van der Waals surface area contributed by atoms with Gasteiger partial charge >= 0.3 is 0 Å². The maximum atomic E-state index is 3.67. The molecule has 0 radical (unpaired) electrons. The Morgan fingerprint density at radius 3 is 3.00 bits per heavy atom. The molecule has 1 aliphatic rings. The van der Waals surface area contributed by atoms with Gasteiger partial charge in [-0.25, -0.2) is 0 Å². The van der Waals surface area contributed by atoms with Crippen molar-refractivity contribution >= 4 is 0 Å². The van der Waals surface area contributed by atoms with E-state index < -0.39 is 0 Å². The fourth-order valence-electron chi connectivity index (χ4n) is 2.23. The number of nitrogens with one attached hydrogen (secondary N) is 1. The maximum Gasteiger partial charge on any atom is 0.0220 e. The van der Waals surface area contributed by atoms with Crippen LogP contribution in [0, 0.1) is 17.8 Å². The van der Waals surface area contributed by atoms with E-state index in [0.717, 1.165) is 18.9 Å². The van der Waals surface area contributed by atoms with E-state index in [4.69, 9.17) is 0 Å². The molecule has 2 unspecified atom stereocenters. The minimum atomic E-state index is 0.669. The first kappa shape index (κ1) is 13.5. The summed E-state index contributed by atoms with van der Waals surface area (Å²) in [6.07, 6.45) is 3.55. The summed E-state index contributed by atoms with van der Waals surface area (Å²) in [5.41, 5.74) is 0. The van der Waals surface area contributed by atoms with Crippen molar-refractivity contribution in [3.8, 4) is 11.8 Å². The third-order valence-corrected chi connectivity index (χ3v) is 3.57. The van der Waals surface area contributed by atoms with Gasteiger partial charge in [0.15, 0.2) is 0 Å². The Hall–Kier alpha value is -0.520. The average molecular weight is 222 g/mol. The Bertz CT molecular complexity index is 239. The van der Waals surface area contributed by atoms with Crippen molar-refractivity contribution in [2.45, 2.75) is 46.1 Å². The van der Waals surface area contributed by atoms with Crippen LogP contribution in [0.1, 0.15) is 40.0 Å². The van der Waals surface area contributed by atoms with Gasteiger partial charge in [0.2, 0.25) is 0 Å². The minimum absolute atomic E-state index is 0.669. The molecule has 1 heterocycles. The fraction of sp³-hybridized carbons (Fsp3) is 0.857. The predicted octanol–water partition coefficient (Wildman–Crippen LogP) is 2.11. The molecule has 0 aliphatic carbocycles. The van der Waals surface area contributed by atoms with E-state index in [-0.39, 0.29) is 0 Å². The van der Waals surface area contributed by atoms with E-state index in [1.807, 2.05) is 6.92 Å². The average Bonchev–Trinajstić information content (AvgIpc) is 2.54. The van der Waals surface area contributed by atoms with Crippen molar-refractivity contribution in [2.75, 3.05) is 26.2 Å². The number of nitrogens with zero attached hydrogens (tertiary/aromatic N) is 1. The summed E-state index contributed by atoms with van der Waals surface area (Å²) < 4.78 is 0. The van der Waals surface area contributed by atoms with Crippen LogP contribution >= 0.6 is 0 Å². The van der Waals surface area contributed by atoms with E-state index in [1.54, 1.807) is 0 Å². The van der Waals surface area contributed by atoms with Gasteiger partial charge in [0.25, 0.3) is 0 Å². The third kappa shape index (κ3) is 4.55. The molecule has 1 saturated heterocycles. The fourth-order valence-corrected chi connectivity index (χ4v) is 2.23. The predicted molar refractivity (Wildman–Crippen MR) is 70.4 cm³/mol. The number of rotatable bonds is 4. The van der Waals surface area contributed by atoms with Crippen molar-refractivity contribution < 1.29 is 0 Å². The summed E-state index contributed by atoms with van der Waals surface area (Å²) in [6.45, 7) is 11.3. The zero-order valence-electron chi connectivity index (χ0n) is 11.1. The number of hydrogen-bond acceptors (Lipinski definition) is 2. The molecule has 0 amide bonds. The highest BCUT2D eigenvalue weighted by Gasteiger charge is 2.20. The largest absolute Gasteiger partial charge is 0.312 e. The second-order valence-electron chi connectivity index (χ2n) is 4.78. The summed E-state index contributed by atoms with van der Waals surface area (Å²) in [5, 5.41) is 3.67. The summed E-state index contributed by atoms with van der Waals surface area (Å²) in [5.74, 6) is 6.91. The standard InChI is InChI=1S/C14H26N2/c1-4-6-7-10-16-11-8-9-15-14(12-16)13(3)5-2/h13-15H,5,7-12H2,1-3H3. The lowest BCUT2D eigenvalue weighted by Gasteiger charge is -2.27. The summed E-state index contributed by atoms with van der Waals surface area (Å²) >= 11 is 0. The molecule has 0 spiro atoms. The van der Waals surface area contributed by atoms with Crippen LogP contribution in [0.4, 0.5) is 0 Å². The summed E-state index contributed by atoms with van der Waals surface area (Å²) in [7, 11) is 0. The molecule has 0 aromatic rings. The third-order valence-electron chi connectivity index (χ3n) is 3.57. The van der Waals surface area contributed by atoms with Gasteiger partial charge in [-0.2, -0.15) is 0 Å². The molecule has 1 aliphatic heterocycles. The normalized spacial score (nSPS) is 24.3. The highest BCUT2D eigenvalue weighted by Crippen LogP contribution is 2.12. The monoisotopic (exact) mass is 222 g/mol. The number of hydrogen-bond donors (Lipinski definition) is 1. The van der Waals surface area contributed by atoms with Crippen LogP contribution in [0.2, 0.25) is 0 Å². The lowest BCUT2D eigenvalue weighted by atomic mass is 9.99. The van der Waals surface area contributed by atoms with E-state index >= 15 is 0 Å². The van der Waals surface area contributed by atoms with Gasteiger partial charge < -0.3 is 10.2 Å². The molecule has 2 atom stereocenters. The van der Waals surface area contributed by atoms with Crippen LogP contribution in [0.25, 0.3) is 0 Å². The quantitative estimate of drug-likeness (QED) is 0.733. The van der Waals surface area contributed by atoms with Crippen LogP contribution < -0.4 is 5.32 Å². The van der Waals surface area contributed by atoms with Gasteiger partial charge in [0.1, 0.15) is 0 Å². The zero-order chi connectivity index (χ0) is 11.8. The van der Waals surface area contributed by atoms with Gasteiger partial charge in [0.05, 0.1) is 0 Å². The zero-order valence-corrected chi connectivity index (χ0v) is 11.1. The Balaban J connectivity index is 2.40. The molecule has 0 bridgehead atoms. The molecular weight excluding hydrogens is 196 g/mol. The van der Waals surface area contributed by atoms with Crippen LogP contribution in [-0.2, 0) is 0 Å². The second kappa shape index (κ2) is 7.70. The van der Waals surface area contributed by atoms with Gasteiger partial charge in [-0.3, -0.25) is 0 Å². The molecule has 1 N–H and O–H groups in total. The lowest BCUT2D eigenvalue weighted by molar-refractivity contribution is 0.242. The van der Waals surface area contributed by atoms with Crippen LogP contribution in [0.3, 0.4) is 0 Å². The first-order chi connectivity index (χ1) is 7.77. The Morgan fingerprint density at radius 2 is 2.31 bits per heavy atom. The SMILES string of the molecule is CC#CCCN1CCCNC(C(C)CC)C1. The Kier molecular flexibility index (Phi) is 6.52. The van der Waals surface area contributed by atoms with Crippen LogP contribution in [0.15, 0.2) is 0 Å². The topological polar surface area (TPSA) is 15.3 Å². The van der Waals surface area contributed by atoms with Gasteiger partial charge in [-0.05, 0) is 32.4 Å². The van der Waals surface area contributed by atoms with Gasteiger partial charge in [-0.15, -0.1) is 11.8 Å². The molecule has 1 fully saturated rings. The highest BCUT2D eigenvalue weighted by atomic mass is 15.2. The van der Waals surface area contributed by atoms with Crippen molar-refractivity contribution in [3.63, 3.8) is 0 Å². The lowest BCUT2D eigenvalue weighted by Crippen LogP contribution is -2.42. The molecular formula is C14H26N2. The van der Waals surface area contributed by atoms with Gasteiger partial charge in [-0.1, -0.05) is 20.3 Å². The van der Waals surface area contributed by atoms with E-state index in [1.165, 1.54) is 32.5 Å². The highest BCUT2D eigenvalue weighted by molar-refractivity contribution is 4.95. The molecule has 16 heavy (non-hydrogen) atoms. The first-order valence-corrected chi connectivity index (χ1v) is 6.63. The van der Waals surface area contributed by atoms with E-state index in [0.29, 0.717) is 6.04 Å². The van der Waals surface area contributed by atoms with Crippen LogP contribution in [-0.4, -0.2) is 37.1 Å². The second-order valence-corrected chi connectivity index (χ2v) is 4.78. The summed E-state index contributed by atoms with van der Waals surface area (Å²) in [6, 6.07) is 0.669.